The monoisotopic (exact) mass is 343 g/mol. The summed E-state index contributed by atoms with van der Waals surface area (Å²) in [5.41, 5.74) is -0.103. The second-order valence-electron chi connectivity index (χ2n) is 6.81. The molecule has 0 aliphatic rings. The van der Waals surface area contributed by atoms with E-state index in [2.05, 4.69) is 19.2 Å². The molecule has 0 bridgehead atoms. The van der Waals surface area contributed by atoms with Crippen LogP contribution >= 0.6 is 0 Å². The number of carbonyl (C=O) groups excluding carboxylic acids is 1. The maximum absolute atomic E-state index is 12.6. The van der Waals surface area contributed by atoms with Gasteiger partial charge in [-0.05, 0) is 45.7 Å². The molecule has 0 aliphatic carbocycles. The lowest BCUT2D eigenvalue weighted by Crippen LogP contribution is -2.40. The maximum atomic E-state index is 12.6. The van der Waals surface area contributed by atoms with Crippen LogP contribution in [0, 0.1) is 0 Å². The standard InChI is InChI=1S/C21H29NO3/c1-6-14-24-21(4,5)20(23)22-18-12-13-19(25-15(3)7-2)17-11-9-8-10-16(17)18/h8-13,15H,6-7,14H2,1-5H3,(H,22,23)/t15-/m0/s1. The van der Waals surface area contributed by atoms with Gasteiger partial charge in [0.15, 0.2) is 0 Å². The topological polar surface area (TPSA) is 47.6 Å². The fourth-order valence-corrected chi connectivity index (χ4v) is 2.48. The van der Waals surface area contributed by atoms with Crippen LogP contribution in [0.4, 0.5) is 5.69 Å². The van der Waals surface area contributed by atoms with E-state index in [0.717, 1.165) is 35.1 Å². The summed E-state index contributed by atoms with van der Waals surface area (Å²) in [4.78, 5) is 12.6. The van der Waals surface area contributed by atoms with Crippen molar-refractivity contribution in [1.29, 1.82) is 0 Å². The van der Waals surface area contributed by atoms with E-state index in [4.69, 9.17) is 9.47 Å². The van der Waals surface area contributed by atoms with E-state index >= 15 is 0 Å². The first-order valence-corrected chi connectivity index (χ1v) is 9.02. The molecule has 1 N–H and O–H groups in total. The van der Waals surface area contributed by atoms with Crippen molar-refractivity contribution in [2.45, 2.75) is 59.2 Å². The molecule has 2 rings (SSSR count). The molecule has 4 nitrogen and oxygen atoms in total. The van der Waals surface area contributed by atoms with Crippen LogP contribution in [0.5, 0.6) is 5.75 Å². The Morgan fingerprint density at radius 3 is 2.44 bits per heavy atom. The number of amides is 1. The normalized spacial score (nSPS) is 12.8. The van der Waals surface area contributed by atoms with Crippen LogP contribution < -0.4 is 10.1 Å². The SMILES string of the molecule is CCCOC(C)(C)C(=O)Nc1ccc(O[C@@H](C)CC)c2ccccc12. The minimum absolute atomic E-state index is 0.144. The predicted molar refractivity (Wildman–Crippen MR) is 103 cm³/mol. The first kappa shape index (κ1) is 19.3. The van der Waals surface area contributed by atoms with Gasteiger partial charge >= 0.3 is 0 Å². The third-order valence-corrected chi connectivity index (χ3v) is 4.25. The molecule has 1 amide bonds. The summed E-state index contributed by atoms with van der Waals surface area (Å²) < 4.78 is 11.7. The highest BCUT2D eigenvalue weighted by Gasteiger charge is 2.28. The summed E-state index contributed by atoms with van der Waals surface area (Å²) in [6.07, 6.45) is 1.96. The van der Waals surface area contributed by atoms with E-state index < -0.39 is 5.60 Å². The van der Waals surface area contributed by atoms with Gasteiger partial charge in [-0.15, -0.1) is 0 Å². The number of carbonyl (C=O) groups is 1. The van der Waals surface area contributed by atoms with Crippen molar-refractivity contribution in [3.8, 4) is 5.75 Å². The predicted octanol–water partition coefficient (Wildman–Crippen LogP) is 5.16. The number of fused-ring (bicyclic) bond motifs is 1. The molecule has 2 aromatic rings. The average Bonchev–Trinajstić information content (AvgIpc) is 2.61. The van der Waals surface area contributed by atoms with Gasteiger partial charge in [-0.25, -0.2) is 0 Å². The van der Waals surface area contributed by atoms with Crippen molar-refractivity contribution in [3.63, 3.8) is 0 Å². The Bertz CT molecular complexity index is 724. The van der Waals surface area contributed by atoms with Crippen LogP contribution in [0.15, 0.2) is 36.4 Å². The smallest absolute Gasteiger partial charge is 0.256 e. The van der Waals surface area contributed by atoms with Crippen molar-refractivity contribution in [1.82, 2.24) is 0 Å². The Morgan fingerprint density at radius 1 is 1.12 bits per heavy atom. The fourth-order valence-electron chi connectivity index (χ4n) is 2.48. The van der Waals surface area contributed by atoms with Gasteiger partial charge in [0.2, 0.25) is 0 Å². The molecule has 0 fully saturated rings. The van der Waals surface area contributed by atoms with E-state index in [1.165, 1.54) is 0 Å². The molecular weight excluding hydrogens is 314 g/mol. The third kappa shape index (κ3) is 4.73. The third-order valence-electron chi connectivity index (χ3n) is 4.25. The highest BCUT2D eigenvalue weighted by molar-refractivity contribution is 6.06. The minimum atomic E-state index is -0.872. The first-order valence-electron chi connectivity index (χ1n) is 9.02. The Hall–Kier alpha value is -2.07. The molecule has 136 valence electrons. The van der Waals surface area contributed by atoms with E-state index in [1.807, 2.05) is 43.3 Å². The Kier molecular flexibility index (Phi) is 6.43. The number of hydrogen-bond acceptors (Lipinski definition) is 3. The Balaban J connectivity index is 2.31. The van der Waals surface area contributed by atoms with Gasteiger partial charge in [0.05, 0.1) is 6.10 Å². The summed E-state index contributed by atoms with van der Waals surface area (Å²) in [6, 6.07) is 11.8. The lowest BCUT2D eigenvalue weighted by Gasteiger charge is -2.24. The van der Waals surface area contributed by atoms with Gasteiger partial charge in [-0.1, -0.05) is 38.1 Å². The van der Waals surface area contributed by atoms with Crippen LogP contribution in [0.2, 0.25) is 0 Å². The minimum Gasteiger partial charge on any atom is -0.490 e. The molecule has 4 heteroatoms. The molecular formula is C21H29NO3. The van der Waals surface area contributed by atoms with Crippen LogP contribution in [-0.2, 0) is 9.53 Å². The summed E-state index contributed by atoms with van der Waals surface area (Å²) in [7, 11) is 0. The molecule has 0 saturated carbocycles. The zero-order valence-electron chi connectivity index (χ0n) is 15.9. The van der Waals surface area contributed by atoms with Gasteiger partial charge in [0, 0.05) is 23.1 Å². The number of nitrogens with one attached hydrogen (secondary N) is 1. The first-order chi connectivity index (χ1) is 11.9. The lowest BCUT2D eigenvalue weighted by atomic mass is 10.1. The second kappa shape index (κ2) is 8.34. The molecule has 0 unspecified atom stereocenters. The van der Waals surface area contributed by atoms with Crippen LogP contribution in [0.25, 0.3) is 10.8 Å². The maximum Gasteiger partial charge on any atom is 0.256 e. The number of benzene rings is 2. The largest absolute Gasteiger partial charge is 0.490 e. The molecule has 0 heterocycles. The summed E-state index contributed by atoms with van der Waals surface area (Å²) in [6.45, 7) is 10.3. The van der Waals surface area contributed by atoms with E-state index in [-0.39, 0.29) is 12.0 Å². The van der Waals surface area contributed by atoms with Crippen LogP contribution in [-0.4, -0.2) is 24.2 Å². The fraction of sp³-hybridized carbons (Fsp3) is 0.476. The van der Waals surface area contributed by atoms with Gasteiger partial charge in [-0.2, -0.15) is 0 Å². The molecule has 0 saturated heterocycles. The summed E-state index contributed by atoms with van der Waals surface area (Å²) >= 11 is 0. The van der Waals surface area contributed by atoms with Gasteiger partial charge in [0.25, 0.3) is 5.91 Å². The zero-order valence-corrected chi connectivity index (χ0v) is 15.9. The number of ether oxygens (including phenoxy) is 2. The van der Waals surface area contributed by atoms with Gasteiger partial charge in [-0.3, -0.25) is 4.79 Å². The van der Waals surface area contributed by atoms with E-state index in [9.17, 15) is 4.79 Å². The van der Waals surface area contributed by atoms with E-state index in [1.54, 1.807) is 13.8 Å². The lowest BCUT2D eigenvalue weighted by molar-refractivity contribution is -0.137. The van der Waals surface area contributed by atoms with Crippen molar-refractivity contribution >= 4 is 22.4 Å². The molecule has 25 heavy (non-hydrogen) atoms. The van der Waals surface area contributed by atoms with Crippen LogP contribution in [0.1, 0.15) is 47.5 Å². The Morgan fingerprint density at radius 2 is 1.80 bits per heavy atom. The quantitative estimate of drug-likeness (QED) is 0.720. The molecule has 0 aromatic heterocycles. The van der Waals surface area contributed by atoms with E-state index in [0.29, 0.717) is 6.61 Å². The number of anilines is 1. The zero-order chi connectivity index (χ0) is 18.4. The van der Waals surface area contributed by atoms with Crippen LogP contribution in [0.3, 0.4) is 0 Å². The highest BCUT2D eigenvalue weighted by Crippen LogP contribution is 2.33. The van der Waals surface area contributed by atoms with Crippen molar-refractivity contribution in [2.75, 3.05) is 11.9 Å². The molecule has 0 aliphatic heterocycles. The van der Waals surface area contributed by atoms with Crippen molar-refractivity contribution in [2.24, 2.45) is 0 Å². The molecule has 0 spiro atoms. The highest BCUT2D eigenvalue weighted by atomic mass is 16.5. The molecule has 2 aromatic carbocycles. The van der Waals surface area contributed by atoms with Gasteiger partial charge in [0.1, 0.15) is 11.4 Å². The second-order valence-corrected chi connectivity index (χ2v) is 6.81. The Labute approximate surface area is 150 Å². The van der Waals surface area contributed by atoms with Crippen molar-refractivity contribution in [3.05, 3.63) is 36.4 Å². The summed E-state index contributed by atoms with van der Waals surface area (Å²) in [5.74, 6) is 0.686. The molecule has 0 radical (unpaired) electrons. The molecule has 1 atom stereocenters. The summed E-state index contributed by atoms with van der Waals surface area (Å²) in [5, 5.41) is 4.96. The number of hydrogen-bond donors (Lipinski definition) is 1. The average molecular weight is 343 g/mol. The van der Waals surface area contributed by atoms with Gasteiger partial charge < -0.3 is 14.8 Å². The van der Waals surface area contributed by atoms with Crippen molar-refractivity contribution < 1.29 is 14.3 Å². The number of rotatable bonds is 8.